The highest BCUT2D eigenvalue weighted by Gasteiger charge is 2.10. The molecule has 28 heavy (non-hydrogen) atoms. The standard InChI is InChI=1S/C18H22N4O6/c1-25-15-9-11(17(19)21-23)3-5-13(15)27-7-8-28-14-6-4-12(18(20)22-24)10-16(14)26-2/h3-6,9-10,23-24H,7-8H2,1-2H3,(H2,19,21)(H2,20,22). The average molecular weight is 390 g/mol. The maximum Gasteiger partial charge on any atom is 0.170 e. The molecule has 0 radical (unpaired) electrons. The fourth-order valence-corrected chi connectivity index (χ4v) is 2.31. The summed E-state index contributed by atoms with van der Waals surface area (Å²) in [4.78, 5) is 0. The number of methoxy groups -OCH3 is 2. The summed E-state index contributed by atoms with van der Waals surface area (Å²) in [5, 5.41) is 23.4. The van der Waals surface area contributed by atoms with Gasteiger partial charge in [0.25, 0.3) is 0 Å². The molecule has 0 saturated heterocycles. The number of nitrogens with zero attached hydrogens (tertiary/aromatic N) is 2. The van der Waals surface area contributed by atoms with Crippen molar-refractivity contribution in [3.8, 4) is 23.0 Å². The van der Waals surface area contributed by atoms with Crippen LogP contribution in [-0.4, -0.2) is 49.5 Å². The van der Waals surface area contributed by atoms with E-state index in [2.05, 4.69) is 10.3 Å². The van der Waals surface area contributed by atoms with Gasteiger partial charge in [-0.3, -0.25) is 0 Å². The third-order valence-corrected chi connectivity index (χ3v) is 3.73. The summed E-state index contributed by atoms with van der Waals surface area (Å²) >= 11 is 0. The van der Waals surface area contributed by atoms with Gasteiger partial charge in [0.05, 0.1) is 14.2 Å². The van der Waals surface area contributed by atoms with Crippen molar-refractivity contribution in [1.82, 2.24) is 0 Å². The van der Waals surface area contributed by atoms with Gasteiger partial charge in [-0.25, -0.2) is 0 Å². The minimum atomic E-state index is -0.0318. The minimum Gasteiger partial charge on any atom is -0.493 e. The molecular weight excluding hydrogens is 368 g/mol. The van der Waals surface area contributed by atoms with Crippen LogP contribution in [0.3, 0.4) is 0 Å². The van der Waals surface area contributed by atoms with Crippen molar-refractivity contribution in [1.29, 1.82) is 0 Å². The molecule has 0 spiro atoms. The number of rotatable bonds is 9. The van der Waals surface area contributed by atoms with Gasteiger partial charge in [-0.15, -0.1) is 0 Å². The first-order valence-corrected chi connectivity index (χ1v) is 8.11. The number of hydrogen-bond donors (Lipinski definition) is 4. The van der Waals surface area contributed by atoms with Crippen LogP contribution in [0.1, 0.15) is 11.1 Å². The zero-order valence-electron chi connectivity index (χ0n) is 15.5. The van der Waals surface area contributed by atoms with Crippen LogP contribution in [0.25, 0.3) is 0 Å². The Labute approximate surface area is 161 Å². The first-order chi connectivity index (χ1) is 13.5. The second kappa shape index (κ2) is 9.76. The summed E-state index contributed by atoms with van der Waals surface area (Å²) < 4.78 is 21.8. The Morgan fingerprint density at radius 2 is 1.14 bits per heavy atom. The van der Waals surface area contributed by atoms with Gasteiger partial charge < -0.3 is 40.8 Å². The van der Waals surface area contributed by atoms with Crippen molar-refractivity contribution < 1.29 is 29.4 Å². The highest BCUT2D eigenvalue weighted by atomic mass is 16.5. The van der Waals surface area contributed by atoms with Gasteiger partial charge in [0.15, 0.2) is 34.7 Å². The fraction of sp³-hybridized carbons (Fsp3) is 0.222. The number of benzene rings is 2. The zero-order valence-corrected chi connectivity index (χ0v) is 15.5. The molecule has 0 heterocycles. The van der Waals surface area contributed by atoms with Crippen LogP contribution in [0.4, 0.5) is 0 Å². The normalized spacial score (nSPS) is 11.8. The lowest BCUT2D eigenvalue weighted by Crippen LogP contribution is -2.14. The van der Waals surface area contributed by atoms with Gasteiger partial charge in [-0.05, 0) is 36.4 Å². The van der Waals surface area contributed by atoms with Crippen molar-refractivity contribution in [2.45, 2.75) is 0 Å². The fourth-order valence-electron chi connectivity index (χ4n) is 2.31. The Kier molecular flexibility index (Phi) is 7.14. The summed E-state index contributed by atoms with van der Waals surface area (Å²) in [7, 11) is 2.98. The summed E-state index contributed by atoms with van der Waals surface area (Å²) in [5.74, 6) is 1.77. The predicted molar refractivity (Wildman–Crippen MR) is 102 cm³/mol. The van der Waals surface area contributed by atoms with E-state index in [0.717, 1.165) is 0 Å². The van der Waals surface area contributed by atoms with Crippen LogP contribution >= 0.6 is 0 Å². The highest BCUT2D eigenvalue weighted by molar-refractivity contribution is 5.98. The van der Waals surface area contributed by atoms with E-state index in [0.29, 0.717) is 34.1 Å². The van der Waals surface area contributed by atoms with E-state index in [4.69, 9.17) is 40.8 Å². The molecule has 10 heteroatoms. The lowest BCUT2D eigenvalue weighted by atomic mass is 10.2. The Morgan fingerprint density at radius 3 is 1.46 bits per heavy atom. The molecule has 2 aromatic carbocycles. The Bertz CT molecular complexity index is 798. The van der Waals surface area contributed by atoms with E-state index in [1.54, 1.807) is 36.4 Å². The molecule has 150 valence electrons. The van der Waals surface area contributed by atoms with Crippen molar-refractivity contribution in [3.05, 3.63) is 47.5 Å². The van der Waals surface area contributed by atoms with Crippen LogP contribution in [0.15, 0.2) is 46.7 Å². The van der Waals surface area contributed by atoms with Gasteiger partial charge in [0.2, 0.25) is 0 Å². The predicted octanol–water partition coefficient (Wildman–Crippen LogP) is 1.35. The van der Waals surface area contributed by atoms with Crippen molar-refractivity contribution in [2.24, 2.45) is 21.8 Å². The van der Waals surface area contributed by atoms with Crippen molar-refractivity contribution in [2.75, 3.05) is 27.4 Å². The molecule has 0 aliphatic heterocycles. The monoisotopic (exact) mass is 390 g/mol. The second-order valence-electron chi connectivity index (χ2n) is 5.40. The van der Waals surface area contributed by atoms with Crippen LogP contribution < -0.4 is 30.4 Å². The Hall–Kier alpha value is -3.82. The van der Waals surface area contributed by atoms with Gasteiger partial charge in [-0.1, -0.05) is 10.3 Å². The molecule has 0 amide bonds. The van der Waals surface area contributed by atoms with E-state index in [-0.39, 0.29) is 24.9 Å². The molecule has 2 rings (SSSR count). The van der Waals surface area contributed by atoms with Crippen molar-refractivity contribution in [3.63, 3.8) is 0 Å². The van der Waals surface area contributed by atoms with E-state index in [1.807, 2.05) is 0 Å². The molecule has 2 aromatic rings. The number of hydrogen-bond acceptors (Lipinski definition) is 8. The summed E-state index contributed by atoms with van der Waals surface area (Å²) in [5.41, 5.74) is 12.1. The second-order valence-corrected chi connectivity index (χ2v) is 5.40. The van der Waals surface area contributed by atoms with E-state index >= 15 is 0 Å². The smallest absolute Gasteiger partial charge is 0.170 e. The Balaban J connectivity index is 1.99. The Morgan fingerprint density at radius 1 is 0.750 bits per heavy atom. The summed E-state index contributed by atoms with van der Waals surface area (Å²) in [6.07, 6.45) is 0. The molecule has 0 aromatic heterocycles. The van der Waals surface area contributed by atoms with E-state index < -0.39 is 0 Å². The van der Waals surface area contributed by atoms with Gasteiger partial charge >= 0.3 is 0 Å². The summed E-state index contributed by atoms with van der Waals surface area (Å²) in [6.45, 7) is 0.453. The molecule has 0 bridgehead atoms. The third-order valence-electron chi connectivity index (χ3n) is 3.73. The topological polar surface area (TPSA) is 154 Å². The van der Waals surface area contributed by atoms with Crippen molar-refractivity contribution >= 4 is 11.7 Å². The molecule has 0 aliphatic carbocycles. The quantitative estimate of drug-likeness (QED) is 0.164. The zero-order chi connectivity index (χ0) is 20.5. The molecule has 0 saturated carbocycles. The van der Waals surface area contributed by atoms with Gasteiger partial charge in [0, 0.05) is 11.1 Å². The lowest BCUT2D eigenvalue weighted by molar-refractivity contribution is 0.206. The molecule has 0 fully saturated rings. The summed E-state index contributed by atoms with van der Waals surface area (Å²) in [6, 6.07) is 9.78. The molecule has 6 N–H and O–H groups in total. The third kappa shape index (κ3) is 4.87. The first-order valence-electron chi connectivity index (χ1n) is 8.11. The lowest BCUT2D eigenvalue weighted by Gasteiger charge is -2.14. The van der Waals surface area contributed by atoms with E-state index in [9.17, 15) is 0 Å². The number of oxime groups is 2. The average Bonchev–Trinajstić information content (AvgIpc) is 2.75. The number of nitrogens with two attached hydrogens (primary N) is 2. The van der Waals surface area contributed by atoms with Crippen LogP contribution in [0, 0.1) is 0 Å². The van der Waals surface area contributed by atoms with Crippen LogP contribution in [0.2, 0.25) is 0 Å². The van der Waals surface area contributed by atoms with Crippen LogP contribution in [-0.2, 0) is 0 Å². The number of ether oxygens (including phenoxy) is 4. The molecule has 0 aliphatic rings. The van der Waals surface area contributed by atoms with Crippen LogP contribution in [0.5, 0.6) is 23.0 Å². The number of amidine groups is 2. The molecule has 0 atom stereocenters. The van der Waals surface area contributed by atoms with Gasteiger partial charge in [0.1, 0.15) is 13.2 Å². The molecule has 0 unspecified atom stereocenters. The minimum absolute atomic E-state index is 0.0318. The maximum atomic E-state index is 8.75. The maximum absolute atomic E-state index is 8.75. The van der Waals surface area contributed by atoms with E-state index in [1.165, 1.54) is 14.2 Å². The molecule has 10 nitrogen and oxygen atoms in total. The molecular formula is C18H22N4O6. The SMILES string of the molecule is COc1cc(/C(N)=N/O)ccc1OCCOc1ccc(/C(N)=N/O)cc1OC. The highest BCUT2D eigenvalue weighted by Crippen LogP contribution is 2.29. The first kappa shape index (κ1) is 20.5. The van der Waals surface area contributed by atoms with Gasteiger partial charge in [-0.2, -0.15) is 0 Å². The largest absolute Gasteiger partial charge is 0.493 e.